The SMILES string of the molecule is CCn1ncc(OC)c1C(O)c1cn[nH]c1N. The molecule has 2 aromatic rings. The molecule has 0 bridgehead atoms. The van der Waals surface area contributed by atoms with Crippen LogP contribution in [0.25, 0.3) is 0 Å². The lowest BCUT2D eigenvalue weighted by Gasteiger charge is -2.13. The summed E-state index contributed by atoms with van der Waals surface area (Å²) in [5.41, 5.74) is 6.77. The molecule has 7 nitrogen and oxygen atoms in total. The van der Waals surface area contributed by atoms with Crippen molar-refractivity contribution in [1.29, 1.82) is 0 Å². The van der Waals surface area contributed by atoms with E-state index in [4.69, 9.17) is 10.5 Å². The average Bonchev–Trinajstić information content (AvgIpc) is 2.93. The highest BCUT2D eigenvalue weighted by molar-refractivity contribution is 5.44. The van der Waals surface area contributed by atoms with E-state index in [1.165, 1.54) is 13.3 Å². The van der Waals surface area contributed by atoms with E-state index >= 15 is 0 Å². The molecule has 0 spiro atoms. The lowest BCUT2D eigenvalue weighted by Crippen LogP contribution is -2.11. The molecule has 0 aliphatic carbocycles. The van der Waals surface area contributed by atoms with Gasteiger partial charge in [-0.1, -0.05) is 0 Å². The van der Waals surface area contributed by atoms with Gasteiger partial charge in [0.2, 0.25) is 0 Å². The van der Waals surface area contributed by atoms with Crippen molar-refractivity contribution in [3.8, 4) is 5.75 Å². The van der Waals surface area contributed by atoms with Gasteiger partial charge in [-0.3, -0.25) is 9.78 Å². The predicted octanol–water partition coefficient (Wildman–Crippen LogP) is 0.299. The molecule has 0 saturated heterocycles. The van der Waals surface area contributed by atoms with Crippen LogP contribution in [0.1, 0.15) is 24.3 Å². The van der Waals surface area contributed by atoms with E-state index < -0.39 is 6.10 Å². The largest absolute Gasteiger partial charge is 0.493 e. The minimum atomic E-state index is -0.911. The molecular weight excluding hydrogens is 222 g/mol. The zero-order valence-electron chi connectivity index (χ0n) is 9.71. The van der Waals surface area contributed by atoms with Crippen molar-refractivity contribution >= 4 is 5.82 Å². The molecule has 0 radical (unpaired) electrons. The smallest absolute Gasteiger partial charge is 0.163 e. The van der Waals surface area contributed by atoms with Crippen LogP contribution < -0.4 is 10.5 Å². The summed E-state index contributed by atoms with van der Waals surface area (Å²) in [5.74, 6) is 0.864. The standard InChI is InChI=1S/C10H15N5O2/c1-3-15-8(7(17-2)5-13-15)9(16)6-4-12-14-10(6)11/h4-5,9,16H,3H2,1-2H3,(H3,11,12,14). The van der Waals surface area contributed by atoms with E-state index in [2.05, 4.69) is 15.3 Å². The number of nitrogens with one attached hydrogen (secondary N) is 1. The van der Waals surface area contributed by atoms with E-state index in [0.29, 0.717) is 29.4 Å². The molecule has 0 aliphatic heterocycles. The van der Waals surface area contributed by atoms with Crippen LogP contribution in [-0.4, -0.2) is 32.2 Å². The number of aliphatic hydroxyl groups excluding tert-OH is 1. The van der Waals surface area contributed by atoms with Crippen molar-refractivity contribution in [3.05, 3.63) is 23.7 Å². The number of aromatic nitrogens is 4. The molecule has 17 heavy (non-hydrogen) atoms. The Kier molecular flexibility index (Phi) is 3.01. The highest BCUT2D eigenvalue weighted by Crippen LogP contribution is 2.31. The fourth-order valence-corrected chi connectivity index (χ4v) is 1.73. The summed E-state index contributed by atoms with van der Waals surface area (Å²) in [4.78, 5) is 0. The van der Waals surface area contributed by atoms with E-state index in [-0.39, 0.29) is 0 Å². The molecule has 7 heteroatoms. The van der Waals surface area contributed by atoms with E-state index in [0.717, 1.165) is 0 Å². The van der Waals surface area contributed by atoms with Crippen molar-refractivity contribution in [1.82, 2.24) is 20.0 Å². The molecule has 0 aromatic carbocycles. The maximum absolute atomic E-state index is 10.3. The first-order valence-corrected chi connectivity index (χ1v) is 5.25. The number of rotatable bonds is 4. The molecule has 2 heterocycles. The van der Waals surface area contributed by atoms with Gasteiger partial charge in [0.1, 0.15) is 17.6 Å². The van der Waals surface area contributed by atoms with Crippen molar-refractivity contribution in [2.45, 2.75) is 19.6 Å². The first kappa shape index (κ1) is 11.5. The number of hydrogen-bond acceptors (Lipinski definition) is 5. The third-order valence-electron chi connectivity index (χ3n) is 2.62. The Balaban J connectivity index is 2.45. The summed E-state index contributed by atoms with van der Waals surface area (Å²) < 4.78 is 6.83. The monoisotopic (exact) mass is 237 g/mol. The summed E-state index contributed by atoms with van der Waals surface area (Å²) >= 11 is 0. The Hall–Kier alpha value is -2.02. The summed E-state index contributed by atoms with van der Waals surface area (Å²) in [6.45, 7) is 2.56. The second-order valence-electron chi connectivity index (χ2n) is 3.56. The van der Waals surface area contributed by atoms with Crippen LogP contribution in [0.15, 0.2) is 12.4 Å². The number of aliphatic hydroxyl groups is 1. The van der Waals surface area contributed by atoms with Gasteiger partial charge >= 0.3 is 0 Å². The Labute approximate surface area is 98.2 Å². The van der Waals surface area contributed by atoms with Gasteiger partial charge in [-0.2, -0.15) is 10.2 Å². The molecule has 1 unspecified atom stereocenters. The van der Waals surface area contributed by atoms with Gasteiger partial charge in [0.05, 0.1) is 19.5 Å². The number of ether oxygens (including phenoxy) is 1. The molecule has 4 N–H and O–H groups in total. The van der Waals surface area contributed by atoms with Crippen molar-refractivity contribution < 1.29 is 9.84 Å². The maximum atomic E-state index is 10.3. The van der Waals surface area contributed by atoms with Gasteiger partial charge in [-0.05, 0) is 6.92 Å². The highest BCUT2D eigenvalue weighted by atomic mass is 16.5. The molecular formula is C10H15N5O2. The molecule has 2 rings (SSSR count). The van der Waals surface area contributed by atoms with Gasteiger partial charge in [0, 0.05) is 12.1 Å². The Morgan fingerprint density at radius 1 is 1.59 bits per heavy atom. The average molecular weight is 237 g/mol. The van der Waals surface area contributed by atoms with Crippen LogP contribution in [0, 0.1) is 0 Å². The van der Waals surface area contributed by atoms with Crippen LogP contribution in [-0.2, 0) is 6.54 Å². The van der Waals surface area contributed by atoms with E-state index in [9.17, 15) is 5.11 Å². The molecule has 0 amide bonds. The number of hydrogen-bond donors (Lipinski definition) is 3. The normalized spacial score (nSPS) is 12.6. The van der Waals surface area contributed by atoms with Crippen LogP contribution >= 0.6 is 0 Å². The zero-order chi connectivity index (χ0) is 12.4. The van der Waals surface area contributed by atoms with Crippen molar-refractivity contribution in [2.75, 3.05) is 12.8 Å². The maximum Gasteiger partial charge on any atom is 0.163 e. The predicted molar refractivity (Wildman–Crippen MR) is 61.5 cm³/mol. The number of nitrogens with two attached hydrogens (primary N) is 1. The molecule has 0 aliphatic rings. The fraction of sp³-hybridized carbons (Fsp3) is 0.400. The van der Waals surface area contributed by atoms with Crippen LogP contribution in [0.5, 0.6) is 5.75 Å². The van der Waals surface area contributed by atoms with Crippen molar-refractivity contribution in [3.63, 3.8) is 0 Å². The number of H-pyrrole nitrogens is 1. The number of methoxy groups -OCH3 is 1. The second kappa shape index (κ2) is 4.46. The Bertz CT molecular complexity index is 483. The molecule has 92 valence electrons. The summed E-state index contributed by atoms with van der Waals surface area (Å²) in [6.07, 6.45) is 2.15. The van der Waals surface area contributed by atoms with E-state index in [1.54, 1.807) is 10.9 Å². The topological polar surface area (TPSA) is 102 Å². The first-order valence-electron chi connectivity index (χ1n) is 5.25. The van der Waals surface area contributed by atoms with Gasteiger partial charge < -0.3 is 15.6 Å². The van der Waals surface area contributed by atoms with Gasteiger partial charge in [-0.25, -0.2) is 0 Å². The van der Waals surface area contributed by atoms with Crippen LogP contribution in [0.3, 0.4) is 0 Å². The number of aromatic amines is 1. The zero-order valence-corrected chi connectivity index (χ0v) is 9.71. The Morgan fingerprint density at radius 3 is 2.88 bits per heavy atom. The highest BCUT2D eigenvalue weighted by Gasteiger charge is 2.23. The van der Waals surface area contributed by atoms with Gasteiger partial charge in [0.15, 0.2) is 5.75 Å². The quantitative estimate of drug-likeness (QED) is 0.709. The number of anilines is 1. The summed E-state index contributed by atoms with van der Waals surface area (Å²) in [6, 6.07) is 0. The second-order valence-corrected chi connectivity index (χ2v) is 3.56. The minimum absolute atomic E-state index is 0.336. The fourth-order valence-electron chi connectivity index (χ4n) is 1.73. The number of aryl methyl sites for hydroxylation is 1. The lowest BCUT2D eigenvalue weighted by molar-refractivity contribution is 0.203. The van der Waals surface area contributed by atoms with Gasteiger partial charge in [0.25, 0.3) is 0 Å². The van der Waals surface area contributed by atoms with Gasteiger partial charge in [-0.15, -0.1) is 0 Å². The third-order valence-corrected chi connectivity index (χ3v) is 2.62. The summed E-state index contributed by atoms with van der Waals surface area (Å²) in [7, 11) is 1.53. The molecule has 2 aromatic heterocycles. The lowest BCUT2D eigenvalue weighted by atomic mass is 10.1. The van der Waals surface area contributed by atoms with Crippen LogP contribution in [0.2, 0.25) is 0 Å². The molecule has 0 saturated carbocycles. The number of nitrogens with zero attached hydrogens (tertiary/aromatic N) is 3. The summed E-state index contributed by atoms with van der Waals surface area (Å²) in [5, 5.41) is 20.8. The molecule has 0 fully saturated rings. The molecule has 1 atom stereocenters. The van der Waals surface area contributed by atoms with Crippen molar-refractivity contribution in [2.24, 2.45) is 0 Å². The first-order chi connectivity index (χ1) is 8.19. The Morgan fingerprint density at radius 2 is 2.35 bits per heavy atom. The van der Waals surface area contributed by atoms with Crippen LogP contribution in [0.4, 0.5) is 5.82 Å². The number of nitrogen functional groups attached to an aromatic ring is 1. The minimum Gasteiger partial charge on any atom is -0.493 e. The third kappa shape index (κ3) is 1.84. The van der Waals surface area contributed by atoms with E-state index in [1.807, 2.05) is 6.92 Å².